The minimum Gasteiger partial charge on any atom is -0.493 e. The normalized spacial score (nSPS) is 14.8. The van der Waals surface area contributed by atoms with Crippen LogP contribution in [0.25, 0.3) is 10.9 Å². The lowest BCUT2D eigenvalue weighted by Gasteiger charge is -2.32. The van der Waals surface area contributed by atoms with E-state index in [1.165, 1.54) is 5.56 Å². The van der Waals surface area contributed by atoms with E-state index >= 15 is 0 Å². The Kier molecular flexibility index (Phi) is 7.46. The van der Waals surface area contributed by atoms with Crippen LogP contribution in [0.15, 0.2) is 48.7 Å². The number of hydrogen-bond acceptors (Lipinski definition) is 4. The van der Waals surface area contributed by atoms with Gasteiger partial charge in [0.05, 0.1) is 19.8 Å². The Morgan fingerprint density at radius 2 is 1.77 bits per heavy atom. The number of amides is 1. The van der Waals surface area contributed by atoms with E-state index in [1.807, 2.05) is 54.2 Å². The van der Waals surface area contributed by atoms with Gasteiger partial charge in [-0.05, 0) is 36.6 Å². The van der Waals surface area contributed by atoms with Crippen LogP contribution in [-0.2, 0) is 13.6 Å². The summed E-state index contributed by atoms with van der Waals surface area (Å²) in [6.45, 7) is 2.77. The summed E-state index contributed by atoms with van der Waals surface area (Å²) in [5, 5.41) is 4.25. The molecule has 1 saturated heterocycles. The van der Waals surface area contributed by atoms with Crippen molar-refractivity contribution in [2.24, 2.45) is 7.05 Å². The molecule has 0 unspecified atom stereocenters. The van der Waals surface area contributed by atoms with E-state index in [2.05, 4.69) is 16.3 Å². The Hall–Kier alpha value is -2.70. The van der Waals surface area contributed by atoms with Crippen molar-refractivity contribution in [1.82, 2.24) is 14.8 Å². The van der Waals surface area contributed by atoms with Gasteiger partial charge in [-0.25, -0.2) is 0 Å². The molecular formula is C24H30ClN3O3. The Morgan fingerprint density at radius 3 is 2.48 bits per heavy atom. The fourth-order valence-electron chi connectivity index (χ4n) is 4.26. The van der Waals surface area contributed by atoms with Gasteiger partial charge in [0, 0.05) is 49.8 Å². The predicted molar refractivity (Wildman–Crippen MR) is 125 cm³/mol. The number of rotatable bonds is 6. The van der Waals surface area contributed by atoms with Gasteiger partial charge in [-0.1, -0.05) is 24.3 Å². The molecule has 0 saturated carbocycles. The second-order valence-electron chi connectivity index (χ2n) is 7.88. The lowest BCUT2D eigenvalue weighted by molar-refractivity contribution is 0.0910. The average Bonchev–Trinajstić information content (AvgIpc) is 3.12. The molecule has 4 rings (SSSR count). The summed E-state index contributed by atoms with van der Waals surface area (Å²) < 4.78 is 12.7. The van der Waals surface area contributed by atoms with Crippen molar-refractivity contribution in [3.8, 4) is 11.5 Å². The molecule has 1 N–H and O–H groups in total. The molecule has 3 aromatic rings. The number of aryl methyl sites for hydroxylation is 1. The van der Waals surface area contributed by atoms with Crippen molar-refractivity contribution >= 4 is 29.2 Å². The number of methoxy groups -OCH3 is 2. The number of aromatic nitrogens is 1. The van der Waals surface area contributed by atoms with E-state index in [-0.39, 0.29) is 24.4 Å². The molecule has 6 nitrogen and oxygen atoms in total. The number of likely N-dealkylation sites (tertiary alicyclic amines) is 1. The molecule has 31 heavy (non-hydrogen) atoms. The number of hydrogen-bond donors (Lipinski definition) is 1. The van der Waals surface area contributed by atoms with Crippen molar-refractivity contribution in [1.29, 1.82) is 0 Å². The van der Waals surface area contributed by atoms with Crippen LogP contribution in [0.1, 0.15) is 28.8 Å². The maximum absolute atomic E-state index is 12.9. The first-order valence-corrected chi connectivity index (χ1v) is 10.4. The third kappa shape index (κ3) is 4.97. The molecule has 1 aromatic heterocycles. The van der Waals surface area contributed by atoms with Gasteiger partial charge in [-0.2, -0.15) is 0 Å². The fourth-order valence-corrected chi connectivity index (χ4v) is 4.26. The van der Waals surface area contributed by atoms with Gasteiger partial charge in [0.1, 0.15) is 0 Å². The number of fused-ring (bicyclic) bond motifs is 1. The van der Waals surface area contributed by atoms with Crippen LogP contribution in [0.5, 0.6) is 11.5 Å². The van der Waals surface area contributed by atoms with Gasteiger partial charge >= 0.3 is 0 Å². The summed E-state index contributed by atoms with van der Waals surface area (Å²) in [5.41, 5.74) is 3.03. The maximum atomic E-state index is 12.9. The third-order valence-corrected chi connectivity index (χ3v) is 5.92. The lowest BCUT2D eigenvalue weighted by Crippen LogP contribution is -2.44. The number of nitrogens with one attached hydrogen (secondary N) is 1. The SMILES string of the molecule is COc1ccc(CN2CCC(NC(=O)c3cn(C)c4ccccc34)CC2)cc1OC.Cl. The van der Waals surface area contributed by atoms with Crippen molar-refractivity contribution in [3.05, 3.63) is 59.8 Å². The zero-order valence-corrected chi connectivity index (χ0v) is 19.1. The molecule has 0 atom stereocenters. The van der Waals surface area contributed by atoms with E-state index in [0.29, 0.717) is 0 Å². The van der Waals surface area contributed by atoms with Gasteiger partial charge < -0.3 is 19.4 Å². The highest BCUT2D eigenvalue weighted by Crippen LogP contribution is 2.28. The quantitative estimate of drug-likeness (QED) is 0.625. The summed E-state index contributed by atoms with van der Waals surface area (Å²) >= 11 is 0. The fraction of sp³-hybridized carbons (Fsp3) is 0.375. The topological polar surface area (TPSA) is 55.7 Å². The Balaban J connectivity index is 0.00000272. The second kappa shape index (κ2) is 10.1. The van der Waals surface area contributed by atoms with Crippen LogP contribution < -0.4 is 14.8 Å². The molecule has 0 radical (unpaired) electrons. The standard InChI is InChI=1S/C24H29N3O3.ClH/c1-26-16-20(19-6-4-5-7-21(19)26)24(28)25-18-10-12-27(13-11-18)15-17-8-9-22(29-2)23(14-17)30-3;/h4-9,14,16,18H,10-13,15H2,1-3H3,(H,25,28);1H. The summed E-state index contributed by atoms with van der Waals surface area (Å²) in [7, 11) is 5.28. The summed E-state index contributed by atoms with van der Waals surface area (Å²) in [6, 6.07) is 14.3. The number of nitrogens with zero attached hydrogens (tertiary/aromatic N) is 2. The minimum atomic E-state index is 0. The zero-order valence-electron chi connectivity index (χ0n) is 18.3. The second-order valence-corrected chi connectivity index (χ2v) is 7.88. The monoisotopic (exact) mass is 443 g/mol. The van der Waals surface area contributed by atoms with E-state index in [0.717, 1.165) is 60.4 Å². The molecule has 7 heteroatoms. The predicted octanol–water partition coefficient (Wildman–Crippen LogP) is 4.01. The van der Waals surface area contributed by atoms with Gasteiger partial charge in [0.15, 0.2) is 11.5 Å². The van der Waals surface area contributed by atoms with Gasteiger partial charge in [-0.3, -0.25) is 9.69 Å². The molecule has 1 aliphatic rings. The number of halogens is 1. The third-order valence-electron chi connectivity index (χ3n) is 5.92. The number of carbonyl (C=O) groups excluding carboxylic acids is 1. The summed E-state index contributed by atoms with van der Waals surface area (Å²) in [5.74, 6) is 1.52. The van der Waals surface area contributed by atoms with Gasteiger partial charge in [0.25, 0.3) is 5.91 Å². The molecule has 2 aromatic carbocycles. The van der Waals surface area contributed by atoms with Crippen molar-refractivity contribution < 1.29 is 14.3 Å². The molecule has 0 spiro atoms. The zero-order chi connectivity index (χ0) is 21.1. The average molecular weight is 444 g/mol. The van der Waals surface area contributed by atoms with Crippen LogP contribution in [0.2, 0.25) is 0 Å². The van der Waals surface area contributed by atoms with Crippen LogP contribution in [0, 0.1) is 0 Å². The largest absolute Gasteiger partial charge is 0.493 e. The molecular weight excluding hydrogens is 414 g/mol. The number of carbonyl (C=O) groups is 1. The Morgan fingerprint density at radius 1 is 1.06 bits per heavy atom. The van der Waals surface area contributed by atoms with Crippen LogP contribution in [-0.4, -0.2) is 48.7 Å². The number of benzene rings is 2. The molecule has 2 heterocycles. The Bertz CT molecular complexity index is 1040. The van der Waals surface area contributed by atoms with Gasteiger partial charge in [0.2, 0.25) is 0 Å². The highest BCUT2D eigenvalue weighted by atomic mass is 35.5. The number of piperidine rings is 1. The summed E-state index contributed by atoms with van der Waals surface area (Å²) in [6.07, 6.45) is 3.82. The molecule has 1 amide bonds. The van der Waals surface area contributed by atoms with Crippen molar-refractivity contribution in [2.75, 3.05) is 27.3 Å². The molecule has 0 aliphatic carbocycles. The summed E-state index contributed by atoms with van der Waals surface area (Å²) in [4.78, 5) is 15.3. The molecule has 166 valence electrons. The van der Waals surface area contributed by atoms with E-state index < -0.39 is 0 Å². The van der Waals surface area contributed by atoms with Crippen molar-refractivity contribution in [2.45, 2.75) is 25.4 Å². The van der Waals surface area contributed by atoms with E-state index in [9.17, 15) is 4.79 Å². The smallest absolute Gasteiger partial charge is 0.253 e. The van der Waals surface area contributed by atoms with Crippen molar-refractivity contribution in [3.63, 3.8) is 0 Å². The first-order valence-electron chi connectivity index (χ1n) is 10.4. The van der Waals surface area contributed by atoms with Crippen LogP contribution in [0.3, 0.4) is 0 Å². The molecule has 1 fully saturated rings. The maximum Gasteiger partial charge on any atom is 0.253 e. The first-order chi connectivity index (χ1) is 14.6. The Labute approximate surface area is 189 Å². The minimum absolute atomic E-state index is 0. The molecule has 1 aliphatic heterocycles. The number of para-hydroxylation sites is 1. The van der Waals surface area contributed by atoms with Crippen LogP contribution >= 0.6 is 12.4 Å². The van der Waals surface area contributed by atoms with E-state index in [4.69, 9.17) is 9.47 Å². The highest BCUT2D eigenvalue weighted by molar-refractivity contribution is 6.07. The number of ether oxygens (including phenoxy) is 2. The van der Waals surface area contributed by atoms with Crippen LogP contribution in [0.4, 0.5) is 0 Å². The lowest BCUT2D eigenvalue weighted by atomic mass is 10.0. The first kappa shape index (κ1) is 23.0. The highest BCUT2D eigenvalue weighted by Gasteiger charge is 2.23. The van der Waals surface area contributed by atoms with E-state index in [1.54, 1.807) is 14.2 Å². The van der Waals surface area contributed by atoms with Gasteiger partial charge in [-0.15, -0.1) is 12.4 Å². The molecule has 0 bridgehead atoms.